The van der Waals surface area contributed by atoms with Crippen LogP contribution in [0, 0.1) is 5.92 Å². The van der Waals surface area contributed by atoms with E-state index in [0.29, 0.717) is 17.9 Å². The molecule has 0 aliphatic carbocycles. The average Bonchev–Trinajstić information content (AvgIpc) is 3.56. The molecule has 44 heavy (non-hydrogen) atoms. The van der Waals surface area contributed by atoms with Crippen molar-refractivity contribution in [3.05, 3.63) is 151 Å². The van der Waals surface area contributed by atoms with Crippen molar-refractivity contribution in [2.24, 2.45) is 5.92 Å². The number of para-hydroxylation sites is 3. The van der Waals surface area contributed by atoms with E-state index < -0.39 is 0 Å². The molecule has 2 nitrogen and oxygen atoms in total. The molecule has 214 valence electrons. The monoisotopic (exact) mass is 568 g/mol. The van der Waals surface area contributed by atoms with Crippen LogP contribution in [-0.2, 0) is 0 Å². The fourth-order valence-electron chi connectivity index (χ4n) is 7.62. The average molecular weight is 569 g/mol. The molecule has 0 N–H and O–H groups in total. The minimum absolute atomic E-state index is 0.423. The highest BCUT2D eigenvalue weighted by Gasteiger charge is 2.37. The number of rotatable bonds is 5. The normalized spacial score (nSPS) is 16.2. The zero-order chi connectivity index (χ0) is 29.8. The molecule has 0 saturated heterocycles. The Bertz CT molecular complexity index is 2060. The molecular formula is C42H36N2. The topological polar surface area (TPSA) is 8.17 Å². The van der Waals surface area contributed by atoms with Crippen molar-refractivity contribution in [3.63, 3.8) is 0 Å². The van der Waals surface area contributed by atoms with Crippen LogP contribution in [0.3, 0.4) is 0 Å². The molecule has 1 aliphatic heterocycles. The fourth-order valence-corrected chi connectivity index (χ4v) is 7.62. The van der Waals surface area contributed by atoms with Gasteiger partial charge in [-0.25, -0.2) is 0 Å². The van der Waals surface area contributed by atoms with Gasteiger partial charge in [-0.3, -0.25) is 0 Å². The summed E-state index contributed by atoms with van der Waals surface area (Å²) >= 11 is 0. The van der Waals surface area contributed by atoms with Crippen molar-refractivity contribution in [2.45, 2.75) is 32.7 Å². The van der Waals surface area contributed by atoms with Gasteiger partial charge in [0, 0.05) is 39.8 Å². The summed E-state index contributed by atoms with van der Waals surface area (Å²) in [6.07, 6.45) is 0. The quantitative estimate of drug-likeness (QED) is 0.200. The Morgan fingerprint density at radius 1 is 0.500 bits per heavy atom. The summed E-state index contributed by atoms with van der Waals surface area (Å²) in [7, 11) is 0. The second-order valence-corrected chi connectivity index (χ2v) is 12.5. The molecule has 0 saturated carbocycles. The van der Waals surface area contributed by atoms with Crippen LogP contribution < -0.4 is 4.90 Å². The Kier molecular flexibility index (Phi) is 6.38. The third kappa shape index (κ3) is 4.25. The summed E-state index contributed by atoms with van der Waals surface area (Å²) in [4.78, 5) is 2.53. The summed E-state index contributed by atoms with van der Waals surface area (Å²) in [5.41, 5.74) is 12.6. The lowest BCUT2D eigenvalue weighted by atomic mass is 9.86. The molecule has 0 spiro atoms. The van der Waals surface area contributed by atoms with E-state index in [0.717, 1.165) is 0 Å². The maximum atomic E-state index is 2.53. The molecule has 0 amide bonds. The van der Waals surface area contributed by atoms with Gasteiger partial charge >= 0.3 is 0 Å². The molecule has 0 bridgehead atoms. The van der Waals surface area contributed by atoms with Gasteiger partial charge in [0.15, 0.2) is 0 Å². The van der Waals surface area contributed by atoms with E-state index in [1.54, 1.807) is 0 Å². The molecule has 0 fully saturated rings. The van der Waals surface area contributed by atoms with Crippen molar-refractivity contribution >= 4 is 33.2 Å². The number of hydrogen-bond acceptors (Lipinski definition) is 1. The van der Waals surface area contributed by atoms with Crippen molar-refractivity contribution in [2.75, 3.05) is 4.90 Å². The molecule has 7 aromatic rings. The predicted molar refractivity (Wildman–Crippen MR) is 187 cm³/mol. The minimum Gasteiger partial charge on any atom is -0.338 e. The number of nitrogens with zero attached hydrogens (tertiary/aromatic N) is 2. The molecule has 2 heteroatoms. The van der Waals surface area contributed by atoms with Crippen LogP contribution in [0.25, 0.3) is 49.7 Å². The maximum absolute atomic E-state index is 2.53. The van der Waals surface area contributed by atoms with Gasteiger partial charge in [-0.05, 0) is 89.2 Å². The smallest absolute Gasteiger partial charge is 0.0541 e. The van der Waals surface area contributed by atoms with Crippen LogP contribution in [-0.4, -0.2) is 10.6 Å². The van der Waals surface area contributed by atoms with Crippen molar-refractivity contribution in [3.8, 4) is 27.9 Å². The summed E-state index contributed by atoms with van der Waals surface area (Å²) in [5, 5.41) is 2.57. The highest BCUT2D eigenvalue weighted by Crippen LogP contribution is 2.48. The zero-order valence-corrected chi connectivity index (χ0v) is 25.5. The lowest BCUT2D eigenvalue weighted by Crippen LogP contribution is -2.29. The first-order valence-electron chi connectivity index (χ1n) is 15.8. The van der Waals surface area contributed by atoms with Gasteiger partial charge in [-0.1, -0.05) is 111 Å². The standard InChI is InChI=1S/C42H36N2/c1-28(2)42-29(3)43(41-18-9-6-15-38(41)42)34-23-19-30(20-24-34)32-11-10-12-33(27-32)31-21-25-35(26-22-31)44-39-16-7-4-13-36(39)37-14-5-8-17-40(37)44/h4-29,42H,1-3H3. The first-order chi connectivity index (χ1) is 21.6. The van der Waals surface area contributed by atoms with E-state index in [1.807, 2.05) is 0 Å². The van der Waals surface area contributed by atoms with Gasteiger partial charge in [0.2, 0.25) is 0 Å². The molecule has 6 aromatic carbocycles. The second kappa shape index (κ2) is 10.6. The number of fused-ring (bicyclic) bond motifs is 4. The lowest BCUT2D eigenvalue weighted by Gasteiger charge is -2.29. The van der Waals surface area contributed by atoms with Crippen LogP contribution in [0.2, 0.25) is 0 Å². The molecule has 1 aliphatic rings. The Morgan fingerprint density at radius 3 is 1.61 bits per heavy atom. The summed E-state index contributed by atoms with van der Waals surface area (Å²) < 4.78 is 2.37. The molecular weight excluding hydrogens is 532 g/mol. The van der Waals surface area contributed by atoms with Gasteiger partial charge in [-0.2, -0.15) is 0 Å². The highest BCUT2D eigenvalue weighted by molar-refractivity contribution is 6.09. The first-order valence-corrected chi connectivity index (χ1v) is 15.8. The molecule has 2 heterocycles. The van der Waals surface area contributed by atoms with E-state index in [-0.39, 0.29) is 0 Å². The Labute approximate surface area is 259 Å². The minimum atomic E-state index is 0.423. The van der Waals surface area contributed by atoms with Crippen LogP contribution in [0.15, 0.2) is 146 Å². The van der Waals surface area contributed by atoms with E-state index in [9.17, 15) is 0 Å². The van der Waals surface area contributed by atoms with Crippen LogP contribution in [0.1, 0.15) is 32.3 Å². The number of aromatic nitrogens is 1. The van der Waals surface area contributed by atoms with Gasteiger partial charge < -0.3 is 9.47 Å². The van der Waals surface area contributed by atoms with Crippen LogP contribution in [0.4, 0.5) is 11.4 Å². The Balaban J connectivity index is 1.09. The summed E-state index contributed by atoms with van der Waals surface area (Å²) in [6, 6.07) is 53.7. The lowest BCUT2D eigenvalue weighted by molar-refractivity contribution is 0.456. The van der Waals surface area contributed by atoms with Gasteiger partial charge in [0.1, 0.15) is 0 Å². The van der Waals surface area contributed by atoms with E-state index in [1.165, 1.54) is 66.7 Å². The molecule has 0 radical (unpaired) electrons. The number of anilines is 2. The molecule has 1 aromatic heterocycles. The largest absolute Gasteiger partial charge is 0.338 e. The van der Waals surface area contributed by atoms with E-state index in [2.05, 4.69) is 176 Å². The summed E-state index contributed by atoms with van der Waals surface area (Å²) in [5.74, 6) is 1.12. The van der Waals surface area contributed by atoms with Gasteiger partial charge in [0.05, 0.1) is 11.0 Å². The van der Waals surface area contributed by atoms with Gasteiger partial charge in [0.25, 0.3) is 0 Å². The third-order valence-electron chi connectivity index (χ3n) is 9.58. The fraction of sp³-hybridized carbons (Fsp3) is 0.143. The van der Waals surface area contributed by atoms with E-state index in [4.69, 9.17) is 0 Å². The van der Waals surface area contributed by atoms with Crippen molar-refractivity contribution in [1.82, 2.24) is 4.57 Å². The maximum Gasteiger partial charge on any atom is 0.0541 e. The van der Waals surface area contributed by atoms with Crippen molar-refractivity contribution < 1.29 is 0 Å². The zero-order valence-electron chi connectivity index (χ0n) is 25.5. The first kappa shape index (κ1) is 26.5. The molecule has 2 atom stereocenters. The molecule has 2 unspecified atom stereocenters. The van der Waals surface area contributed by atoms with Crippen LogP contribution >= 0.6 is 0 Å². The Morgan fingerprint density at radius 2 is 1.02 bits per heavy atom. The number of hydrogen-bond donors (Lipinski definition) is 0. The molecule has 8 rings (SSSR count). The Hall–Kier alpha value is -5.08. The van der Waals surface area contributed by atoms with Crippen molar-refractivity contribution in [1.29, 1.82) is 0 Å². The van der Waals surface area contributed by atoms with E-state index >= 15 is 0 Å². The SMILES string of the molecule is CC(C)C1c2ccccc2N(c2ccc(-c3cccc(-c4ccc(-n5c6ccccc6c6ccccc65)cc4)c3)cc2)C1C. The number of benzene rings is 6. The third-order valence-corrected chi connectivity index (χ3v) is 9.58. The highest BCUT2D eigenvalue weighted by atomic mass is 15.2. The second-order valence-electron chi connectivity index (χ2n) is 12.5. The van der Waals surface area contributed by atoms with Gasteiger partial charge in [-0.15, -0.1) is 0 Å². The van der Waals surface area contributed by atoms with Crippen LogP contribution in [0.5, 0.6) is 0 Å². The summed E-state index contributed by atoms with van der Waals surface area (Å²) in [6.45, 7) is 7.06. The predicted octanol–water partition coefficient (Wildman–Crippen LogP) is 11.4.